The minimum Gasteiger partial charge on any atom is -0.480 e. The number of carbonyl (C=O) groups is 1. The predicted octanol–water partition coefficient (Wildman–Crippen LogP) is -3.51. The van der Waals surface area contributed by atoms with Crippen LogP contribution in [0.4, 0.5) is 0 Å². The fraction of sp³-hybridized carbons (Fsp3) is 0.857. The summed E-state index contributed by atoms with van der Waals surface area (Å²) in [5, 5.41) is 47.5. The topological polar surface area (TPSA) is 130 Å². The van der Waals surface area contributed by atoms with Crippen LogP contribution < -0.4 is 5.32 Å². The third-order valence-corrected chi connectivity index (χ3v) is 2.31. The molecule has 82 valence electrons. The largest absolute Gasteiger partial charge is 0.480 e. The van der Waals surface area contributed by atoms with Crippen molar-refractivity contribution in [3.63, 3.8) is 0 Å². The van der Waals surface area contributed by atoms with E-state index in [-0.39, 0.29) is 0 Å². The number of carboxylic acid groups (broad SMARTS) is 1. The Morgan fingerprint density at radius 2 is 1.71 bits per heavy atom. The van der Waals surface area contributed by atoms with E-state index < -0.39 is 43.0 Å². The number of aliphatic hydroxyl groups excluding tert-OH is 4. The predicted molar refractivity (Wildman–Crippen MR) is 43.5 cm³/mol. The van der Waals surface area contributed by atoms with E-state index in [1.807, 2.05) is 0 Å². The maximum Gasteiger partial charge on any atom is 0.323 e. The SMILES string of the molecule is O=C(O)C1N[C@H](CO)C(O)[C@H](O)[C@@H]1O. The zero-order valence-corrected chi connectivity index (χ0v) is 7.24. The Labute approximate surface area is 79.6 Å². The van der Waals surface area contributed by atoms with Crippen molar-refractivity contribution in [2.45, 2.75) is 30.4 Å². The molecule has 2 unspecified atom stereocenters. The molecule has 0 spiro atoms. The van der Waals surface area contributed by atoms with E-state index in [9.17, 15) is 20.1 Å². The van der Waals surface area contributed by atoms with Gasteiger partial charge in [0, 0.05) is 0 Å². The van der Waals surface area contributed by atoms with Crippen LogP contribution in [0.3, 0.4) is 0 Å². The number of nitrogens with one attached hydrogen (secondary N) is 1. The molecule has 0 aliphatic carbocycles. The van der Waals surface area contributed by atoms with Crippen LogP contribution >= 0.6 is 0 Å². The summed E-state index contributed by atoms with van der Waals surface area (Å²) in [6, 6.07) is -2.33. The van der Waals surface area contributed by atoms with Crippen molar-refractivity contribution < 1.29 is 30.3 Å². The zero-order valence-electron chi connectivity index (χ0n) is 7.24. The molecule has 0 radical (unpaired) electrons. The quantitative estimate of drug-likeness (QED) is 0.277. The lowest BCUT2D eigenvalue weighted by atomic mass is 9.90. The Morgan fingerprint density at radius 3 is 2.14 bits per heavy atom. The molecule has 6 N–H and O–H groups in total. The van der Waals surface area contributed by atoms with Crippen LogP contribution in [0.2, 0.25) is 0 Å². The van der Waals surface area contributed by atoms with Gasteiger partial charge in [0.25, 0.3) is 0 Å². The van der Waals surface area contributed by atoms with Gasteiger partial charge in [0.05, 0.1) is 12.6 Å². The summed E-state index contributed by atoms with van der Waals surface area (Å²) < 4.78 is 0. The maximum absolute atomic E-state index is 10.6. The van der Waals surface area contributed by atoms with Crippen molar-refractivity contribution in [3.8, 4) is 0 Å². The monoisotopic (exact) mass is 207 g/mol. The highest BCUT2D eigenvalue weighted by atomic mass is 16.4. The van der Waals surface area contributed by atoms with Crippen LogP contribution in [0.15, 0.2) is 0 Å². The van der Waals surface area contributed by atoms with Crippen LogP contribution in [0.5, 0.6) is 0 Å². The van der Waals surface area contributed by atoms with Gasteiger partial charge in [-0.1, -0.05) is 0 Å². The summed E-state index contributed by atoms with van der Waals surface area (Å²) in [4.78, 5) is 10.6. The highest BCUT2D eigenvalue weighted by Crippen LogP contribution is 2.15. The average Bonchev–Trinajstić information content (AvgIpc) is 2.14. The molecule has 0 amide bonds. The van der Waals surface area contributed by atoms with E-state index in [4.69, 9.17) is 10.2 Å². The van der Waals surface area contributed by atoms with Gasteiger partial charge in [0.15, 0.2) is 0 Å². The van der Waals surface area contributed by atoms with E-state index >= 15 is 0 Å². The van der Waals surface area contributed by atoms with Crippen LogP contribution in [-0.4, -0.2) is 68.5 Å². The van der Waals surface area contributed by atoms with Crippen molar-refractivity contribution >= 4 is 5.97 Å². The summed E-state index contributed by atoms with van der Waals surface area (Å²) in [6.07, 6.45) is -4.55. The molecule has 14 heavy (non-hydrogen) atoms. The van der Waals surface area contributed by atoms with Crippen LogP contribution in [0.25, 0.3) is 0 Å². The van der Waals surface area contributed by atoms with Gasteiger partial charge in [-0.05, 0) is 0 Å². The number of carboxylic acids is 1. The minimum atomic E-state index is -1.59. The highest BCUT2D eigenvalue weighted by Gasteiger charge is 2.44. The van der Waals surface area contributed by atoms with E-state index in [0.29, 0.717) is 0 Å². The molecule has 0 saturated carbocycles. The third-order valence-electron chi connectivity index (χ3n) is 2.31. The molecule has 0 aromatic rings. The Hall–Kier alpha value is -0.730. The van der Waals surface area contributed by atoms with Gasteiger partial charge in [-0.25, -0.2) is 0 Å². The second-order valence-corrected chi connectivity index (χ2v) is 3.24. The standard InChI is InChI=1S/C7H13NO6/c9-1-2-4(10)6(12)5(11)3(8-2)7(13)14/h2-6,8-12H,1H2,(H,13,14)/t2-,3?,4?,5-,6+/m1/s1. The van der Waals surface area contributed by atoms with Gasteiger partial charge in [-0.3, -0.25) is 10.1 Å². The molecule has 0 bridgehead atoms. The fourth-order valence-electron chi connectivity index (χ4n) is 1.44. The second-order valence-electron chi connectivity index (χ2n) is 3.24. The Bertz CT molecular complexity index is 220. The first-order valence-corrected chi connectivity index (χ1v) is 4.13. The van der Waals surface area contributed by atoms with Crippen molar-refractivity contribution in [2.75, 3.05) is 6.61 Å². The number of rotatable bonds is 2. The summed E-state index contributed by atoms with van der Waals surface area (Å²) >= 11 is 0. The first kappa shape index (κ1) is 11.3. The number of aliphatic hydroxyl groups is 4. The van der Waals surface area contributed by atoms with Gasteiger partial charge >= 0.3 is 5.97 Å². The van der Waals surface area contributed by atoms with E-state index in [1.165, 1.54) is 0 Å². The van der Waals surface area contributed by atoms with E-state index in [0.717, 1.165) is 0 Å². The molecule has 0 aromatic carbocycles. The molecular weight excluding hydrogens is 194 g/mol. The molecule has 1 aliphatic heterocycles. The van der Waals surface area contributed by atoms with Gasteiger partial charge in [-0.15, -0.1) is 0 Å². The smallest absolute Gasteiger partial charge is 0.323 e. The van der Waals surface area contributed by atoms with Crippen LogP contribution in [0, 0.1) is 0 Å². The van der Waals surface area contributed by atoms with Crippen molar-refractivity contribution in [2.24, 2.45) is 0 Å². The van der Waals surface area contributed by atoms with Gasteiger partial charge in [-0.2, -0.15) is 0 Å². The minimum absolute atomic E-state index is 0.519. The highest BCUT2D eigenvalue weighted by molar-refractivity contribution is 5.74. The van der Waals surface area contributed by atoms with Gasteiger partial charge in [0.2, 0.25) is 0 Å². The molecule has 1 saturated heterocycles. The van der Waals surface area contributed by atoms with Gasteiger partial charge in [0.1, 0.15) is 24.4 Å². The molecule has 1 heterocycles. The van der Waals surface area contributed by atoms with Crippen molar-refractivity contribution in [1.82, 2.24) is 5.32 Å². The summed E-state index contributed by atoms with van der Waals surface area (Å²) in [7, 11) is 0. The molecule has 7 nitrogen and oxygen atoms in total. The molecule has 7 heteroatoms. The molecule has 1 aliphatic rings. The number of piperidine rings is 1. The lowest BCUT2D eigenvalue weighted by Crippen LogP contribution is -2.67. The van der Waals surface area contributed by atoms with Crippen molar-refractivity contribution in [3.05, 3.63) is 0 Å². The van der Waals surface area contributed by atoms with E-state index in [1.54, 1.807) is 0 Å². The van der Waals surface area contributed by atoms with E-state index in [2.05, 4.69) is 5.32 Å². The summed E-state index contributed by atoms with van der Waals surface area (Å²) in [5.41, 5.74) is 0. The van der Waals surface area contributed by atoms with Crippen LogP contribution in [0.1, 0.15) is 0 Å². The molecular formula is C7H13NO6. The summed E-state index contributed by atoms with van der Waals surface area (Å²) in [6.45, 7) is -0.519. The molecule has 1 fully saturated rings. The molecule has 1 rings (SSSR count). The number of aliphatic carboxylic acids is 1. The van der Waals surface area contributed by atoms with Gasteiger partial charge < -0.3 is 25.5 Å². The maximum atomic E-state index is 10.6. The summed E-state index contributed by atoms with van der Waals surface area (Å²) in [5.74, 6) is -1.35. The Balaban J connectivity index is 2.78. The fourth-order valence-corrected chi connectivity index (χ4v) is 1.44. The zero-order chi connectivity index (χ0) is 10.9. The van der Waals surface area contributed by atoms with Crippen LogP contribution in [-0.2, 0) is 4.79 Å². The first-order chi connectivity index (χ1) is 6.49. The Morgan fingerprint density at radius 1 is 1.14 bits per heavy atom. The molecule has 5 atom stereocenters. The third kappa shape index (κ3) is 1.86. The Kier molecular flexibility index (Phi) is 3.40. The lowest BCUT2D eigenvalue weighted by molar-refractivity contribution is -0.158. The number of hydrogen-bond donors (Lipinski definition) is 6. The lowest BCUT2D eigenvalue weighted by Gasteiger charge is -2.38. The number of hydrogen-bond acceptors (Lipinski definition) is 6. The normalized spacial score (nSPS) is 43.6. The first-order valence-electron chi connectivity index (χ1n) is 4.13. The second kappa shape index (κ2) is 4.20. The van der Waals surface area contributed by atoms with Crippen molar-refractivity contribution in [1.29, 1.82) is 0 Å². The average molecular weight is 207 g/mol. The molecule has 0 aromatic heterocycles.